The molecule has 2 atom stereocenters. The van der Waals surface area contributed by atoms with Crippen molar-refractivity contribution in [1.82, 2.24) is 24.8 Å². The van der Waals surface area contributed by atoms with Gasteiger partial charge in [0.25, 0.3) is 0 Å². The molecule has 0 aliphatic carbocycles. The van der Waals surface area contributed by atoms with Gasteiger partial charge in [-0.1, -0.05) is 17.7 Å². The Labute approximate surface area is 169 Å². The number of halogens is 1. The molecule has 1 aliphatic rings. The fourth-order valence-corrected chi connectivity index (χ4v) is 4.16. The van der Waals surface area contributed by atoms with Crippen molar-refractivity contribution in [1.29, 1.82) is 0 Å². The normalized spacial score (nSPS) is 19.6. The van der Waals surface area contributed by atoms with Crippen LogP contribution in [0.25, 0.3) is 5.82 Å². The van der Waals surface area contributed by atoms with E-state index in [-0.39, 0.29) is 18.1 Å². The molecular weight excluding hydrogens is 378 g/mol. The van der Waals surface area contributed by atoms with Gasteiger partial charge in [-0.05, 0) is 62.5 Å². The second kappa shape index (κ2) is 7.29. The molecule has 0 amide bonds. The average Bonchev–Trinajstić information content (AvgIpc) is 3.27. The van der Waals surface area contributed by atoms with Gasteiger partial charge in [0.1, 0.15) is 5.82 Å². The summed E-state index contributed by atoms with van der Waals surface area (Å²) in [6, 6.07) is 14.1. The number of nitrogens with zero attached hydrogens (tertiary/aromatic N) is 4. The van der Waals surface area contributed by atoms with Crippen LogP contribution in [0.3, 0.4) is 0 Å². The number of pyridine rings is 2. The molecule has 1 saturated heterocycles. The van der Waals surface area contributed by atoms with Gasteiger partial charge in [-0.2, -0.15) is 0 Å². The van der Waals surface area contributed by atoms with E-state index in [1.54, 1.807) is 6.20 Å². The van der Waals surface area contributed by atoms with Crippen LogP contribution in [0.2, 0.25) is 5.02 Å². The predicted octanol–water partition coefficient (Wildman–Crippen LogP) is 4.30. The first kappa shape index (κ1) is 17.9. The van der Waals surface area contributed by atoms with Crippen LogP contribution in [-0.4, -0.2) is 30.6 Å². The molecule has 1 N–H and O–H groups in total. The summed E-state index contributed by atoms with van der Waals surface area (Å²) in [7, 11) is 0. The Kier molecular flexibility index (Phi) is 4.85. The highest BCUT2D eigenvalue weighted by atomic mass is 35.5. The molecule has 4 heterocycles. The molecule has 0 aromatic carbocycles. The number of hydrogen-bond acceptors (Lipinski definition) is 3. The smallest absolute Gasteiger partial charge is 0.170 e. The molecule has 0 radical (unpaired) electrons. The Morgan fingerprint density at radius 1 is 1.11 bits per heavy atom. The van der Waals surface area contributed by atoms with Gasteiger partial charge < -0.3 is 14.8 Å². The van der Waals surface area contributed by atoms with E-state index in [0.717, 1.165) is 22.3 Å². The Morgan fingerprint density at radius 3 is 2.63 bits per heavy atom. The number of rotatable bonds is 4. The first-order valence-electron chi connectivity index (χ1n) is 8.85. The van der Waals surface area contributed by atoms with Crippen molar-refractivity contribution >= 4 is 28.9 Å². The lowest BCUT2D eigenvalue weighted by molar-refractivity contribution is 0.262. The van der Waals surface area contributed by atoms with E-state index in [4.69, 9.17) is 23.8 Å². The van der Waals surface area contributed by atoms with E-state index in [2.05, 4.69) is 44.7 Å². The molecule has 4 rings (SSSR count). The third-order valence-corrected chi connectivity index (χ3v) is 5.29. The van der Waals surface area contributed by atoms with E-state index in [1.165, 1.54) is 0 Å². The molecule has 5 nitrogen and oxygen atoms in total. The molecule has 3 aromatic rings. The molecule has 27 heavy (non-hydrogen) atoms. The van der Waals surface area contributed by atoms with Crippen molar-refractivity contribution < 1.29 is 0 Å². The molecule has 0 bridgehead atoms. The standard InChI is InChI=1S/C20H20ClN5S/c1-13(2)26-19(18(24-20(26)27)15-6-3-4-10-22-15)16-7-5-11-25(16)17-9-8-14(21)12-23-17/h3-13,18-19H,1-2H3,(H,24,27)/t18-,19+/m0/s1. The van der Waals surface area contributed by atoms with Crippen LogP contribution in [0.4, 0.5) is 0 Å². The number of aromatic nitrogens is 3. The van der Waals surface area contributed by atoms with Crippen LogP contribution in [0.15, 0.2) is 61.1 Å². The SMILES string of the molecule is CC(C)N1C(=S)N[C@@H](c2ccccn2)[C@H]1c1cccn1-c1ccc(Cl)cn1. The van der Waals surface area contributed by atoms with Crippen molar-refractivity contribution in [2.45, 2.75) is 32.0 Å². The van der Waals surface area contributed by atoms with Crippen LogP contribution in [0.1, 0.15) is 37.3 Å². The zero-order chi connectivity index (χ0) is 19.0. The van der Waals surface area contributed by atoms with Gasteiger partial charge in [0.15, 0.2) is 5.11 Å². The largest absolute Gasteiger partial charge is 0.352 e. The molecule has 7 heteroatoms. The Morgan fingerprint density at radius 2 is 1.96 bits per heavy atom. The highest BCUT2D eigenvalue weighted by molar-refractivity contribution is 7.80. The number of nitrogens with one attached hydrogen (secondary N) is 1. The van der Waals surface area contributed by atoms with Crippen LogP contribution in [0.5, 0.6) is 0 Å². The Hall–Kier alpha value is -2.44. The molecule has 3 aromatic heterocycles. The van der Waals surface area contributed by atoms with E-state index in [0.29, 0.717) is 5.02 Å². The second-order valence-corrected chi connectivity index (χ2v) is 7.59. The molecule has 1 aliphatic heterocycles. The third-order valence-electron chi connectivity index (χ3n) is 4.73. The summed E-state index contributed by atoms with van der Waals surface area (Å²) in [6.45, 7) is 4.30. The molecular formula is C20H20ClN5S. The van der Waals surface area contributed by atoms with Gasteiger partial charge in [-0.3, -0.25) is 4.98 Å². The van der Waals surface area contributed by atoms with Crippen LogP contribution in [-0.2, 0) is 0 Å². The topological polar surface area (TPSA) is 46.0 Å². The number of hydrogen-bond donors (Lipinski definition) is 1. The third kappa shape index (κ3) is 3.31. The van der Waals surface area contributed by atoms with Crippen LogP contribution < -0.4 is 5.32 Å². The summed E-state index contributed by atoms with van der Waals surface area (Å²) < 4.78 is 2.09. The summed E-state index contributed by atoms with van der Waals surface area (Å²) >= 11 is 11.7. The first-order valence-corrected chi connectivity index (χ1v) is 9.64. The maximum Gasteiger partial charge on any atom is 0.170 e. The predicted molar refractivity (Wildman–Crippen MR) is 111 cm³/mol. The maximum atomic E-state index is 6.01. The van der Waals surface area contributed by atoms with Crippen LogP contribution >= 0.6 is 23.8 Å². The van der Waals surface area contributed by atoms with Gasteiger partial charge in [0.2, 0.25) is 0 Å². The van der Waals surface area contributed by atoms with E-state index in [1.807, 2.05) is 48.8 Å². The minimum absolute atomic E-state index is 0.000113. The zero-order valence-electron chi connectivity index (χ0n) is 15.1. The summed E-state index contributed by atoms with van der Waals surface area (Å²) in [4.78, 5) is 11.3. The highest BCUT2D eigenvalue weighted by Crippen LogP contribution is 2.40. The van der Waals surface area contributed by atoms with Crippen molar-refractivity contribution in [3.63, 3.8) is 0 Å². The Balaban J connectivity index is 1.82. The molecule has 0 saturated carbocycles. The first-order chi connectivity index (χ1) is 13.1. The van der Waals surface area contributed by atoms with Gasteiger partial charge in [0.05, 0.1) is 22.8 Å². The zero-order valence-corrected chi connectivity index (χ0v) is 16.7. The fourth-order valence-electron chi connectivity index (χ4n) is 3.59. The Bertz CT molecular complexity index is 939. The molecule has 0 spiro atoms. The van der Waals surface area contributed by atoms with E-state index < -0.39 is 0 Å². The van der Waals surface area contributed by atoms with E-state index in [9.17, 15) is 0 Å². The molecule has 1 fully saturated rings. The summed E-state index contributed by atoms with van der Waals surface area (Å²) in [6.07, 6.45) is 5.49. The lowest BCUT2D eigenvalue weighted by Gasteiger charge is -2.31. The van der Waals surface area contributed by atoms with Crippen molar-refractivity contribution in [3.8, 4) is 5.82 Å². The average molecular weight is 398 g/mol. The molecule has 0 unspecified atom stereocenters. The second-order valence-electron chi connectivity index (χ2n) is 6.77. The fraction of sp³-hybridized carbons (Fsp3) is 0.250. The number of thiocarbonyl (C=S) groups is 1. The quantitative estimate of drug-likeness (QED) is 0.665. The minimum atomic E-state index is -0.0398. The van der Waals surface area contributed by atoms with Gasteiger partial charge >= 0.3 is 0 Å². The highest BCUT2D eigenvalue weighted by Gasteiger charge is 2.42. The lowest BCUT2D eigenvalue weighted by Crippen LogP contribution is -2.36. The maximum absolute atomic E-state index is 6.01. The van der Waals surface area contributed by atoms with Crippen molar-refractivity contribution in [2.75, 3.05) is 0 Å². The summed E-state index contributed by atoms with van der Waals surface area (Å²) in [5.41, 5.74) is 2.06. The van der Waals surface area contributed by atoms with Gasteiger partial charge in [0, 0.05) is 30.3 Å². The van der Waals surface area contributed by atoms with Gasteiger partial charge in [-0.25, -0.2) is 4.98 Å². The van der Waals surface area contributed by atoms with E-state index >= 15 is 0 Å². The summed E-state index contributed by atoms with van der Waals surface area (Å²) in [5.74, 6) is 0.820. The lowest BCUT2D eigenvalue weighted by atomic mass is 10.0. The minimum Gasteiger partial charge on any atom is -0.352 e. The van der Waals surface area contributed by atoms with Crippen LogP contribution in [0, 0.1) is 0 Å². The van der Waals surface area contributed by atoms with Crippen molar-refractivity contribution in [3.05, 3.63) is 77.5 Å². The molecule has 138 valence electrons. The summed E-state index contributed by atoms with van der Waals surface area (Å²) in [5, 5.41) is 4.82. The van der Waals surface area contributed by atoms with Crippen molar-refractivity contribution in [2.24, 2.45) is 0 Å². The monoisotopic (exact) mass is 397 g/mol. The van der Waals surface area contributed by atoms with Gasteiger partial charge in [-0.15, -0.1) is 0 Å².